The highest BCUT2D eigenvalue weighted by Gasteiger charge is 2.14. The standard InChI is InChI=1S/C23H37NO2/c1-8-11-17(4)13-14-21(19(6)12-9-2)22(15-16-25)20(7)24-23(26)18(5)10-3/h12-16,18,25H,8-11H2,1-7H3,(H,24,26)/b16-15-,17-13-,19-12-,21-14+,22-20+. The molecule has 2 N–H and O–H groups in total. The van der Waals surface area contributed by atoms with Gasteiger partial charge in [-0.15, -0.1) is 0 Å². The zero-order valence-electron chi connectivity index (χ0n) is 17.6. The van der Waals surface area contributed by atoms with Gasteiger partial charge in [0.05, 0.1) is 6.26 Å². The van der Waals surface area contributed by atoms with Crippen LogP contribution in [0.1, 0.15) is 74.1 Å². The molecule has 1 unspecified atom stereocenters. The van der Waals surface area contributed by atoms with Gasteiger partial charge in [0.2, 0.25) is 5.91 Å². The highest BCUT2D eigenvalue weighted by molar-refractivity contribution is 5.80. The molecule has 0 aliphatic carbocycles. The molecule has 3 nitrogen and oxygen atoms in total. The fraction of sp³-hybridized carbons (Fsp3) is 0.522. The van der Waals surface area contributed by atoms with Crippen LogP contribution in [-0.2, 0) is 4.79 Å². The summed E-state index contributed by atoms with van der Waals surface area (Å²) in [5, 5.41) is 12.4. The number of carbonyl (C=O) groups is 1. The van der Waals surface area contributed by atoms with E-state index in [-0.39, 0.29) is 11.8 Å². The van der Waals surface area contributed by atoms with E-state index >= 15 is 0 Å². The maximum Gasteiger partial charge on any atom is 0.226 e. The van der Waals surface area contributed by atoms with Gasteiger partial charge in [-0.25, -0.2) is 0 Å². The van der Waals surface area contributed by atoms with Crippen molar-refractivity contribution in [2.75, 3.05) is 0 Å². The van der Waals surface area contributed by atoms with E-state index < -0.39 is 0 Å². The fourth-order valence-electron chi connectivity index (χ4n) is 2.61. The number of hydrogen-bond acceptors (Lipinski definition) is 2. The Morgan fingerprint density at radius 3 is 2.27 bits per heavy atom. The van der Waals surface area contributed by atoms with Crippen LogP contribution in [0.2, 0.25) is 0 Å². The maximum atomic E-state index is 12.3. The Bertz CT molecular complexity index is 604. The first kappa shape index (κ1) is 24.0. The van der Waals surface area contributed by atoms with Crippen LogP contribution in [0.4, 0.5) is 0 Å². The number of amides is 1. The monoisotopic (exact) mass is 359 g/mol. The summed E-state index contributed by atoms with van der Waals surface area (Å²) in [6.07, 6.45) is 12.9. The molecule has 0 radical (unpaired) electrons. The van der Waals surface area contributed by atoms with Gasteiger partial charge < -0.3 is 10.4 Å². The lowest BCUT2D eigenvalue weighted by Gasteiger charge is -2.16. The first-order valence-corrected chi connectivity index (χ1v) is 9.69. The zero-order chi connectivity index (χ0) is 20.1. The van der Waals surface area contributed by atoms with Crippen LogP contribution in [0.25, 0.3) is 0 Å². The van der Waals surface area contributed by atoms with E-state index in [0.717, 1.165) is 54.4 Å². The molecule has 1 atom stereocenters. The number of carbonyl (C=O) groups excluding carboxylic acids is 1. The molecule has 0 aromatic rings. The molecule has 0 bridgehead atoms. The Kier molecular flexibility index (Phi) is 12.2. The number of aliphatic hydroxyl groups is 1. The molecule has 3 heteroatoms. The predicted octanol–water partition coefficient (Wildman–Crippen LogP) is 6.52. The van der Waals surface area contributed by atoms with E-state index in [4.69, 9.17) is 0 Å². The van der Waals surface area contributed by atoms with E-state index in [9.17, 15) is 9.90 Å². The van der Waals surface area contributed by atoms with Crippen LogP contribution >= 0.6 is 0 Å². The molecule has 0 fully saturated rings. The molecule has 0 aromatic heterocycles. The predicted molar refractivity (Wildman–Crippen MR) is 113 cm³/mol. The third-order valence-corrected chi connectivity index (χ3v) is 4.42. The molecule has 0 saturated heterocycles. The summed E-state index contributed by atoms with van der Waals surface area (Å²) in [7, 11) is 0. The molecule has 26 heavy (non-hydrogen) atoms. The molecule has 0 aliphatic heterocycles. The van der Waals surface area contributed by atoms with Crippen molar-refractivity contribution in [1.29, 1.82) is 0 Å². The minimum atomic E-state index is -0.0456. The van der Waals surface area contributed by atoms with Crippen LogP contribution in [0, 0.1) is 5.92 Å². The van der Waals surface area contributed by atoms with E-state index in [1.807, 2.05) is 20.8 Å². The number of rotatable bonds is 10. The second-order valence-corrected chi connectivity index (χ2v) is 6.79. The minimum Gasteiger partial charge on any atom is -0.516 e. The smallest absolute Gasteiger partial charge is 0.226 e. The first-order valence-electron chi connectivity index (χ1n) is 9.69. The number of nitrogens with one attached hydrogen (secondary N) is 1. The highest BCUT2D eigenvalue weighted by Crippen LogP contribution is 2.24. The largest absolute Gasteiger partial charge is 0.516 e. The first-order chi connectivity index (χ1) is 12.3. The lowest BCUT2D eigenvalue weighted by molar-refractivity contribution is -0.123. The normalized spacial score (nSPS) is 15.9. The average molecular weight is 360 g/mol. The number of aliphatic hydroxyl groups excluding tert-OH is 1. The fourth-order valence-corrected chi connectivity index (χ4v) is 2.61. The minimum absolute atomic E-state index is 0.00280. The summed E-state index contributed by atoms with van der Waals surface area (Å²) in [4.78, 5) is 12.3. The Morgan fingerprint density at radius 2 is 1.77 bits per heavy atom. The Hall–Kier alpha value is -2.03. The second kappa shape index (κ2) is 13.2. The molecule has 0 heterocycles. The molecule has 0 saturated carbocycles. The van der Waals surface area contributed by atoms with Gasteiger partial charge in [-0.1, -0.05) is 57.9 Å². The summed E-state index contributed by atoms with van der Waals surface area (Å²) in [6, 6.07) is 0. The van der Waals surface area contributed by atoms with Crippen molar-refractivity contribution < 1.29 is 9.90 Å². The maximum absolute atomic E-state index is 12.3. The van der Waals surface area contributed by atoms with Crippen molar-refractivity contribution in [3.8, 4) is 0 Å². The lowest BCUT2D eigenvalue weighted by atomic mass is 9.95. The molecular weight excluding hydrogens is 322 g/mol. The van der Waals surface area contributed by atoms with Crippen molar-refractivity contribution in [3.63, 3.8) is 0 Å². The van der Waals surface area contributed by atoms with Gasteiger partial charge in [-0.3, -0.25) is 4.79 Å². The molecule has 0 rings (SSSR count). The van der Waals surface area contributed by atoms with Crippen molar-refractivity contribution in [2.24, 2.45) is 5.92 Å². The molecule has 1 amide bonds. The Morgan fingerprint density at radius 1 is 1.12 bits per heavy atom. The van der Waals surface area contributed by atoms with Crippen molar-refractivity contribution >= 4 is 5.91 Å². The lowest BCUT2D eigenvalue weighted by Crippen LogP contribution is -2.28. The van der Waals surface area contributed by atoms with E-state index in [1.54, 1.807) is 6.08 Å². The molecule has 0 aromatic carbocycles. The summed E-state index contributed by atoms with van der Waals surface area (Å²) in [6.45, 7) is 14.2. The third-order valence-electron chi connectivity index (χ3n) is 4.42. The highest BCUT2D eigenvalue weighted by atomic mass is 16.2. The van der Waals surface area contributed by atoms with Gasteiger partial charge in [0.25, 0.3) is 0 Å². The third kappa shape index (κ3) is 8.37. The van der Waals surface area contributed by atoms with Gasteiger partial charge in [-0.2, -0.15) is 0 Å². The van der Waals surface area contributed by atoms with Crippen LogP contribution < -0.4 is 5.32 Å². The molecular formula is C23H37NO2. The molecule has 0 aliphatic rings. The molecule has 146 valence electrons. The van der Waals surface area contributed by atoms with Gasteiger partial charge in [0.15, 0.2) is 0 Å². The van der Waals surface area contributed by atoms with E-state index in [0.29, 0.717) is 0 Å². The number of hydrogen-bond donors (Lipinski definition) is 2. The Balaban J connectivity index is 6.12. The van der Waals surface area contributed by atoms with Gasteiger partial charge in [-0.05, 0) is 57.3 Å². The van der Waals surface area contributed by atoms with E-state index in [2.05, 4.69) is 51.2 Å². The van der Waals surface area contributed by atoms with Gasteiger partial charge in [0, 0.05) is 17.2 Å². The summed E-state index contributed by atoms with van der Waals surface area (Å²) >= 11 is 0. The van der Waals surface area contributed by atoms with Crippen molar-refractivity contribution in [3.05, 3.63) is 58.6 Å². The summed E-state index contributed by atoms with van der Waals surface area (Å²) in [5.41, 5.74) is 5.01. The van der Waals surface area contributed by atoms with Crippen LogP contribution in [-0.4, -0.2) is 11.0 Å². The quantitative estimate of drug-likeness (QED) is 0.344. The summed E-state index contributed by atoms with van der Waals surface area (Å²) in [5.74, 6) is -0.0428. The SMILES string of the molecule is CC\C=C(C)/C(=C\C=C(\C)CCC)C(/C=C\O)=C(\C)NC(=O)C(C)CC. The van der Waals surface area contributed by atoms with Gasteiger partial charge in [0.1, 0.15) is 0 Å². The van der Waals surface area contributed by atoms with Crippen LogP contribution in [0.3, 0.4) is 0 Å². The zero-order valence-corrected chi connectivity index (χ0v) is 17.6. The second-order valence-electron chi connectivity index (χ2n) is 6.79. The topological polar surface area (TPSA) is 49.3 Å². The van der Waals surface area contributed by atoms with Gasteiger partial charge >= 0.3 is 0 Å². The number of allylic oxidation sites excluding steroid dienone is 9. The van der Waals surface area contributed by atoms with E-state index in [1.165, 1.54) is 5.57 Å². The Labute approximate surface area is 160 Å². The van der Waals surface area contributed by atoms with Crippen molar-refractivity contribution in [2.45, 2.75) is 74.1 Å². The average Bonchev–Trinajstić information content (AvgIpc) is 2.60. The molecule has 0 spiro atoms. The van der Waals surface area contributed by atoms with Crippen LogP contribution in [0.15, 0.2) is 58.6 Å². The van der Waals surface area contributed by atoms with Crippen molar-refractivity contribution in [1.82, 2.24) is 5.32 Å². The summed E-state index contributed by atoms with van der Waals surface area (Å²) < 4.78 is 0. The van der Waals surface area contributed by atoms with Crippen LogP contribution in [0.5, 0.6) is 0 Å².